The molecule has 0 aromatic heterocycles. The highest BCUT2D eigenvalue weighted by atomic mass is 127. The van der Waals surface area contributed by atoms with Crippen molar-refractivity contribution in [3.05, 3.63) is 29.3 Å². The Morgan fingerprint density at radius 2 is 2.21 bits per heavy atom. The second kappa shape index (κ2) is 3.46. The number of hydrogen-bond donors (Lipinski definition) is 0. The van der Waals surface area contributed by atoms with Crippen molar-refractivity contribution in [1.29, 1.82) is 0 Å². The molecular weight excluding hydrogens is 313 g/mol. The molecule has 5 heteroatoms. The maximum absolute atomic E-state index is 11.9. The van der Waals surface area contributed by atoms with E-state index in [1.165, 1.54) is 2.52 Å². The van der Waals surface area contributed by atoms with Gasteiger partial charge in [0.1, 0.15) is 0 Å². The van der Waals surface area contributed by atoms with Gasteiger partial charge in [0, 0.05) is 22.9 Å². The lowest BCUT2D eigenvalue weighted by atomic mass is 10.1. The van der Waals surface area contributed by atoms with Crippen molar-refractivity contribution in [3.63, 3.8) is 0 Å². The van der Waals surface area contributed by atoms with Crippen LogP contribution in [0.25, 0.3) is 0 Å². The molecule has 0 radical (unpaired) electrons. The fourth-order valence-electron chi connectivity index (χ4n) is 1.69. The van der Waals surface area contributed by atoms with E-state index in [2.05, 4.69) is 0 Å². The predicted molar refractivity (Wildman–Crippen MR) is 62.6 cm³/mol. The highest BCUT2D eigenvalue weighted by Gasteiger charge is 2.34. The molecule has 76 valence electrons. The number of benzene rings is 1. The Morgan fingerprint density at radius 1 is 1.50 bits per heavy atom. The zero-order valence-corrected chi connectivity index (χ0v) is 10.7. The molecule has 0 fully saturated rings. The van der Waals surface area contributed by atoms with Crippen LogP contribution in [-0.4, -0.2) is 10.9 Å². The maximum atomic E-state index is 11.9. The lowest BCUT2D eigenvalue weighted by Crippen LogP contribution is -2.12. The molecule has 1 aliphatic rings. The Balaban J connectivity index is 2.73. The number of rotatable bonds is 1. The first-order chi connectivity index (χ1) is 6.57. The van der Waals surface area contributed by atoms with Crippen molar-refractivity contribution in [2.45, 2.75) is 24.8 Å². The van der Waals surface area contributed by atoms with Crippen LogP contribution in [0, 0.1) is 0 Å². The van der Waals surface area contributed by atoms with Gasteiger partial charge in [-0.2, -0.15) is 0 Å². The van der Waals surface area contributed by atoms with Crippen LogP contribution in [0.4, 0.5) is 0 Å². The molecule has 3 nitrogen and oxygen atoms in total. The van der Waals surface area contributed by atoms with E-state index in [1.807, 2.05) is 48.0 Å². The standard InChI is InChI=1S/C9H10INO2S/c1-2-7-4-3-5-8-6-11(10)14(12,13)9(7)8/h3-5H,2,6H2,1H3. The lowest BCUT2D eigenvalue weighted by Gasteiger charge is -2.05. The van der Waals surface area contributed by atoms with Crippen molar-refractivity contribution in [2.24, 2.45) is 0 Å². The fraction of sp³-hybridized carbons (Fsp3) is 0.333. The van der Waals surface area contributed by atoms with Crippen molar-refractivity contribution >= 4 is 32.9 Å². The molecule has 0 atom stereocenters. The molecule has 0 spiro atoms. The first-order valence-electron chi connectivity index (χ1n) is 4.36. The van der Waals surface area contributed by atoms with Crippen molar-refractivity contribution in [1.82, 2.24) is 2.52 Å². The summed E-state index contributed by atoms with van der Waals surface area (Å²) in [5.74, 6) is 0. The number of nitrogens with zero attached hydrogens (tertiary/aromatic N) is 1. The van der Waals surface area contributed by atoms with Gasteiger partial charge in [-0.05, 0) is 17.5 Å². The van der Waals surface area contributed by atoms with Gasteiger partial charge in [-0.1, -0.05) is 25.1 Å². The van der Waals surface area contributed by atoms with Crippen molar-refractivity contribution < 1.29 is 8.42 Å². The number of sulfonamides is 1. The molecule has 1 aromatic rings. The van der Waals surface area contributed by atoms with Crippen LogP contribution in [0.1, 0.15) is 18.1 Å². The van der Waals surface area contributed by atoms with E-state index in [1.54, 1.807) is 0 Å². The van der Waals surface area contributed by atoms with Gasteiger partial charge in [0.15, 0.2) is 0 Å². The Morgan fingerprint density at radius 3 is 2.86 bits per heavy atom. The number of fused-ring (bicyclic) bond motifs is 1. The van der Waals surface area contributed by atoms with Crippen LogP contribution in [0.2, 0.25) is 0 Å². The summed E-state index contributed by atoms with van der Waals surface area (Å²) in [5.41, 5.74) is 1.83. The zero-order chi connectivity index (χ0) is 10.3. The third-order valence-corrected chi connectivity index (χ3v) is 5.96. The highest BCUT2D eigenvalue weighted by Crippen LogP contribution is 2.35. The van der Waals surface area contributed by atoms with Gasteiger partial charge < -0.3 is 0 Å². The molecule has 0 N–H and O–H groups in total. The van der Waals surface area contributed by atoms with Crippen molar-refractivity contribution in [3.8, 4) is 0 Å². The van der Waals surface area contributed by atoms with E-state index in [0.29, 0.717) is 11.4 Å². The smallest absolute Gasteiger partial charge is 0.206 e. The Labute approximate surface area is 97.7 Å². The van der Waals surface area contributed by atoms with Gasteiger partial charge in [-0.3, -0.25) is 0 Å². The topological polar surface area (TPSA) is 37.4 Å². The van der Waals surface area contributed by atoms with E-state index in [-0.39, 0.29) is 0 Å². The van der Waals surface area contributed by atoms with Crippen LogP contribution >= 0.6 is 22.9 Å². The Kier molecular flexibility index (Phi) is 2.57. The summed E-state index contributed by atoms with van der Waals surface area (Å²) in [5, 5.41) is 0. The van der Waals surface area contributed by atoms with Crippen LogP contribution in [-0.2, 0) is 23.0 Å². The summed E-state index contributed by atoms with van der Waals surface area (Å²) in [6, 6.07) is 5.68. The van der Waals surface area contributed by atoms with Gasteiger partial charge in [0.2, 0.25) is 0 Å². The zero-order valence-electron chi connectivity index (χ0n) is 7.70. The molecule has 0 saturated heterocycles. The average molecular weight is 323 g/mol. The van der Waals surface area contributed by atoms with E-state index in [4.69, 9.17) is 0 Å². The minimum atomic E-state index is -3.21. The van der Waals surface area contributed by atoms with E-state index in [9.17, 15) is 8.42 Å². The van der Waals surface area contributed by atoms with E-state index >= 15 is 0 Å². The third-order valence-electron chi connectivity index (χ3n) is 2.37. The van der Waals surface area contributed by atoms with Gasteiger partial charge >= 0.3 is 0 Å². The van der Waals surface area contributed by atoms with Crippen LogP contribution < -0.4 is 0 Å². The SMILES string of the molecule is CCc1cccc2c1S(=O)(=O)N(I)C2. The molecule has 1 aliphatic heterocycles. The summed E-state index contributed by atoms with van der Waals surface area (Å²) >= 11 is 1.85. The third kappa shape index (κ3) is 1.38. The second-order valence-corrected chi connectivity index (χ2v) is 6.83. The number of halogens is 1. The van der Waals surface area contributed by atoms with Gasteiger partial charge in [-0.25, -0.2) is 8.42 Å². The molecule has 0 amide bonds. The van der Waals surface area contributed by atoms with Gasteiger partial charge in [-0.15, -0.1) is 2.52 Å². The summed E-state index contributed by atoms with van der Waals surface area (Å²) in [7, 11) is -3.21. The minimum Gasteiger partial charge on any atom is -0.206 e. The first-order valence-corrected chi connectivity index (χ1v) is 6.77. The second-order valence-electron chi connectivity index (χ2n) is 3.21. The maximum Gasteiger partial charge on any atom is 0.252 e. The molecular formula is C9H10INO2S. The molecule has 2 rings (SSSR count). The largest absolute Gasteiger partial charge is 0.252 e. The van der Waals surface area contributed by atoms with E-state index < -0.39 is 10.0 Å². The van der Waals surface area contributed by atoms with Crippen LogP contribution in [0.15, 0.2) is 23.1 Å². The van der Waals surface area contributed by atoms with Crippen LogP contribution in [0.3, 0.4) is 0 Å². The van der Waals surface area contributed by atoms with Crippen molar-refractivity contribution in [2.75, 3.05) is 0 Å². The Hall–Kier alpha value is -0.140. The molecule has 0 aliphatic carbocycles. The predicted octanol–water partition coefficient (Wildman–Crippen LogP) is 2.10. The summed E-state index contributed by atoms with van der Waals surface area (Å²) < 4.78 is 25.1. The minimum absolute atomic E-state index is 0.492. The normalized spacial score (nSPS) is 19.6. The molecule has 1 heterocycles. The average Bonchev–Trinajstić information content (AvgIpc) is 2.38. The molecule has 14 heavy (non-hydrogen) atoms. The first kappa shape index (κ1) is 10.4. The Bertz CT molecular complexity index is 470. The molecule has 0 saturated carbocycles. The summed E-state index contributed by atoms with van der Waals surface area (Å²) in [6.07, 6.45) is 0.757. The van der Waals surface area contributed by atoms with Crippen LogP contribution in [0.5, 0.6) is 0 Å². The fourth-order valence-corrected chi connectivity index (χ4v) is 4.16. The quantitative estimate of drug-likeness (QED) is 0.586. The number of hydrogen-bond acceptors (Lipinski definition) is 2. The molecule has 1 aromatic carbocycles. The molecule has 0 bridgehead atoms. The number of aryl methyl sites for hydroxylation is 1. The summed E-state index contributed by atoms with van der Waals surface area (Å²) in [6.45, 7) is 2.47. The lowest BCUT2D eigenvalue weighted by molar-refractivity contribution is 0.566. The molecule has 0 unspecified atom stereocenters. The van der Waals surface area contributed by atoms with Gasteiger partial charge in [0.05, 0.1) is 11.4 Å². The van der Waals surface area contributed by atoms with E-state index in [0.717, 1.165) is 17.5 Å². The summed E-state index contributed by atoms with van der Waals surface area (Å²) in [4.78, 5) is 0.525. The highest BCUT2D eigenvalue weighted by molar-refractivity contribution is 14.1. The van der Waals surface area contributed by atoms with Gasteiger partial charge in [0.25, 0.3) is 10.0 Å². The monoisotopic (exact) mass is 323 g/mol.